The molecule has 0 aliphatic carbocycles. The third-order valence-corrected chi connectivity index (χ3v) is 13.5. The smallest absolute Gasteiger partial charge is 0.306 e. The highest BCUT2D eigenvalue weighted by molar-refractivity contribution is 5.71. The molecule has 0 saturated carbocycles. The summed E-state index contributed by atoms with van der Waals surface area (Å²) in [6, 6.07) is 0. The molecule has 77 heavy (non-hydrogen) atoms. The van der Waals surface area contributed by atoms with E-state index in [1.807, 2.05) is 0 Å². The number of esters is 3. The third kappa shape index (κ3) is 62.5. The minimum absolute atomic E-state index is 0.0898. The Bertz CT molecular complexity index is 1600. The van der Waals surface area contributed by atoms with Gasteiger partial charge in [0.2, 0.25) is 0 Å². The minimum atomic E-state index is -0.794. The molecule has 438 valence electrons. The van der Waals surface area contributed by atoms with Gasteiger partial charge in [0.15, 0.2) is 6.10 Å². The molecule has 0 bridgehead atoms. The van der Waals surface area contributed by atoms with Gasteiger partial charge >= 0.3 is 17.9 Å². The van der Waals surface area contributed by atoms with Crippen LogP contribution in [0.1, 0.15) is 290 Å². The first-order valence-corrected chi connectivity index (χ1v) is 32.0. The normalized spacial score (nSPS) is 12.9. The zero-order chi connectivity index (χ0) is 55.7. The molecule has 0 spiro atoms. The Labute approximate surface area is 475 Å². The molecule has 0 aliphatic heterocycles. The van der Waals surface area contributed by atoms with E-state index in [0.717, 1.165) is 122 Å². The summed E-state index contributed by atoms with van der Waals surface area (Å²) >= 11 is 0. The largest absolute Gasteiger partial charge is 0.462 e. The Kier molecular flexibility index (Phi) is 60.8. The molecular weight excluding hydrogens is 949 g/mol. The van der Waals surface area contributed by atoms with Crippen molar-refractivity contribution in [3.8, 4) is 0 Å². The Hall–Kier alpha value is -4.19. The lowest BCUT2D eigenvalue weighted by molar-refractivity contribution is -0.167. The summed E-state index contributed by atoms with van der Waals surface area (Å²) in [5.74, 6) is -0.932. The summed E-state index contributed by atoms with van der Waals surface area (Å²) in [5, 5.41) is 0. The molecule has 0 N–H and O–H groups in total. The molecule has 0 saturated heterocycles. The summed E-state index contributed by atoms with van der Waals surface area (Å²) in [4.78, 5) is 38.1. The van der Waals surface area contributed by atoms with E-state index in [4.69, 9.17) is 14.2 Å². The van der Waals surface area contributed by atoms with E-state index in [1.54, 1.807) is 0 Å². The second-order valence-electron chi connectivity index (χ2n) is 21.0. The van der Waals surface area contributed by atoms with Crippen LogP contribution in [-0.4, -0.2) is 37.2 Å². The van der Waals surface area contributed by atoms with Gasteiger partial charge in [0.25, 0.3) is 0 Å². The Morgan fingerprint density at radius 1 is 0.273 bits per heavy atom. The van der Waals surface area contributed by atoms with E-state index in [-0.39, 0.29) is 31.1 Å². The number of unbranched alkanes of at least 4 members (excludes halogenated alkanes) is 26. The monoisotopic (exact) mass is 1070 g/mol. The second kappa shape index (κ2) is 64.3. The molecule has 1 atom stereocenters. The third-order valence-electron chi connectivity index (χ3n) is 13.5. The van der Waals surface area contributed by atoms with E-state index in [1.165, 1.54) is 128 Å². The lowest BCUT2D eigenvalue weighted by Crippen LogP contribution is -2.30. The maximum absolute atomic E-state index is 12.9. The summed E-state index contributed by atoms with van der Waals surface area (Å²) in [7, 11) is 0. The van der Waals surface area contributed by atoms with Crippen LogP contribution in [0.15, 0.2) is 122 Å². The molecule has 0 aromatic heterocycles. The summed E-state index contributed by atoms with van der Waals surface area (Å²) in [5.41, 5.74) is 0. The lowest BCUT2D eigenvalue weighted by atomic mass is 10.0. The Morgan fingerprint density at radius 2 is 0.506 bits per heavy atom. The van der Waals surface area contributed by atoms with E-state index >= 15 is 0 Å². The van der Waals surface area contributed by atoms with E-state index in [9.17, 15) is 14.4 Å². The van der Waals surface area contributed by atoms with Crippen molar-refractivity contribution in [3.63, 3.8) is 0 Å². The molecule has 0 rings (SSSR count). The van der Waals surface area contributed by atoms with Crippen molar-refractivity contribution in [2.45, 2.75) is 297 Å². The van der Waals surface area contributed by atoms with Crippen molar-refractivity contribution < 1.29 is 28.6 Å². The molecule has 0 aliphatic rings. The molecule has 0 amide bonds. The SMILES string of the molecule is CC/C=C\C/C=C\C/C=C\C/C=C\C/C=C\C/C=C\C/C=C\C/C=C\C/C=C\C/C=C\CCCCC(=O)OCC(COC(=O)CCCCCCCCCCC)OC(=O)CCCCCCCCCCCCCCCCCCC. The van der Waals surface area contributed by atoms with Crippen LogP contribution in [0.25, 0.3) is 0 Å². The van der Waals surface area contributed by atoms with E-state index < -0.39 is 6.10 Å². The molecule has 6 nitrogen and oxygen atoms in total. The van der Waals surface area contributed by atoms with Crippen molar-refractivity contribution in [2.24, 2.45) is 0 Å². The number of carbonyl (C=O) groups excluding carboxylic acids is 3. The second-order valence-corrected chi connectivity index (χ2v) is 21.0. The zero-order valence-corrected chi connectivity index (χ0v) is 50.2. The molecule has 0 aromatic rings. The van der Waals surface area contributed by atoms with Crippen molar-refractivity contribution in [1.82, 2.24) is 0 Å². The number of rotatable bonds is 57. The molecule has 1 unspecified atom stereocenters. The van der Waals surface area contributed by atoms with Crippen LogP contribution in [0.2, 0.25) is 0 Å². The highest BCUT2D eigenvalue weighted by Gasteiger charge is 2.19. The Balaban J connectivity index is 4.29. The van der Waals surface area contributed by atoms with Gasteiger partial charge < -0.3 is 14.2 Å². The molecule has 0 radical (unpaired) electrons. The van der Waals surface area contributed by atoms with Crippen LogP contribution in [0.4, 0.5) is 0 Å². The standard InChI is InChI=1S/C71H118O6/c1-4-7-10-13-16-19-21-23-25-27-28-29-30-31-32-33-34-35-36-37-38-39-40-41-42-44-45-47-49-52-55-58-61-64-70(73)76-67-68(66-75-69(72)63-60-57-54-51-18-15-12-9-6-3)77-71(74)65-62-59-56-53-50-48-46-43-26-24-22-20-17-14-11-8-5-2/h7,10,16,19,23,25,28-29,31-32,34-35,37-38,40-41,44-45,49,52,68H,4-6,8-9,11-15,17-18,20-22,24,26-27,30,33,36,39,42-43,46-48,50-51,53-67H2,1-3H3/b10-7-,19-16-,25-23-,29-28-,32-31-,35-34-,38-37-,41-40-,45-44-,52-49-. The quantitative estimate of drug-likeness (QED) is 0.0261. The number of allylic oxidation sites excluding steroid dienone is 20. The Morgan fingerprint density at radius 3 is 0.792 bits per heavy atom. The summed E-state index contributed by atoms with van der Waals surface area (Å²) in [6.07, 6.45) is 89.3. The van der Waals surface area contributed by atoms with Crippen molar-refractivity contribution in [2.75, 3.05) is 13.2 Å². The topological polar surface area (TPSA) is 78.9 Å². The van der Waals surface area contributed by atoms with Gasteiger partial charge in [-0.3, -0.25) is 14.4 Å². The van der Waals surface area contributed by atoms with Gasteiger partial charge in [0.1, 0.15) is 13.2 Å². The van der Waals surface area contributed by atoms with E-state index in [0.29, 0.717) is 19.3 Å². The first kappa shape index (κ1) is 72.8. The van der Waals surface area contributed by atoms with Crippen LogP contribution >= 0.6 is 0 Å². The number of ether oxygens (including phenoxy) is 3. The highest BCUT2D eigenvalue weighted by Crippen LogP contribution is 2.16. The number of hydrogen-bond acceptors (Lipinski definition) is 6. The van der Waals surface area contributed by atoms with Crippen molar-refractivity contribution >= 4 is 17.9 Å². The fourth-order valence-electron chi connectivity index (χ4n) is 8.71. The minimum Gasteiger partial charge on any atom is -0.462 e. The lowest BCUT2D eigenvalue weighted by Gasteiger charge is -2.18. The summed E-state index contributed by atoms with van der Waals surface area (Å²) < 4.78 is 16.8. The molecule has 0 fully saturated rings. The van der Waals surface area contributed by atoms with Gasteiger partial charge in [-0.1, -0.05) is 296 Å². The predicted molar refractivity (Wildman–Crippen MR) is 334 cm³/mol. The van der Waals surface area contributed by atoms with Crippen LogP contribution in [0.5, 0.6) is 0 Å². The highest BCUT2D eigenvalue weighted by atomic mass is 16.6. The molecular formula is C71H118O6. The molecule has 6 heteroatoms. The average Bonchev–Trinajstić information content (AvgIpc) is 3.43. The molecule has 0 heterocycles. The van der Waals surface area contributed by atoms with Crippen LogP contribution in [0, 0.1) is 0 Å². The van der Waals surface area contributed by atoms with Crippen LogP contribution < -0.4 is 0 Å². The average molecular weight is 1070 g/mol. The predicted octanol–water partition coefficient (Wildman–Crippen LogP) is 22.0. The van der Waals surface area contributed by atoms with Crippen LogP contribution in [0.3, 0.4) is 0 Å². The van der Waals surface area contributed by atoms with Gasteiger partial charge in [-0.05, 0) is 96.3 Å². The first-order valence-electron chi connectivity index (χ1n) is 32.0. The van der Waals surface area contributed by atoms with E-state index in [2.05, 4.69) is 142 Å². The van der Waals surface area contributed by atoms with Gasteiger partial charge in [0, 0.05) is 19.3 Å². The zero-order valence-electron chi connectivity index (χ0n) is 50.2. The summed E-state index contributed by atoms with van der Waals surface area (Å²) in [6.45, 7) is 6.49. The number of carbonyl (C=O) groups is 3. The van der Waals surface area contributed by atoms with Gasteiger partial charge in [-0.25, -0.2) is 0 Å². The van der Waals surface area contributed by atoms with Gasteiger partial charge in [0.05, 0.1) is 0 Å². The van der Waals surface area contributed by atoms with Gasteiger partial charge in [-0.2, -0.15) is 0 Å². The van der Waals surface area contributed by atoms with Crippen molar-refractivity contribution in [3.05, 3.63) is 122 Å². The fourth-order valence-corrected chi connectivity index (χ4v) is 8.71. The maximum Gasteiger partial charge on any atom is 0.306 e. The first-order chi connectivity index (χ1) is 38.0. The maximum atomic E-state index is 12.9. The fraction of sp³-hybridized carbons (Fsp3) is 0.676. The van der Waals surface area contributed by atoms with Gasteiger partial charge in [-0.15, -0.1) is 0 Å². The number of hydrogen-bond donors (Lipinski definition) is 0. The van der Waals surface area contributed by atoms with Crippen LogP contribution in [-0.2, 0) is 28.6 Å². The van der Waals surface area contributed by atoms with Crippen molar-refractivity contribution in [1.29, 1.82) is 0 Å². The molecule has 0 aromatic carbocycles.